The summed E-state index contributed by atoms with van der Waals surface area (Å²) < 4.78 is 11.0. The first-order valence-corrected chi connectivity index (χ1v) is 15.6. The zero-order valence-electron chi connectivity index (χ0n) is 26.0. The molecule has 1 aromatic rings. The number of aromatic amines is 1. The first-order chi connectivity index (χ1) is 19.7. The molecule has 4 unspecified atom stereocenters. The lowest BCUT2D eigenvalue weighted by molar-refractivity contribution is -0.135. The van der Waals surface area contributed by atoms with Crippen LogP contribution in [0.15, 0.2) is 47.6 Å². The number of nitrogens with zero attached hydrogens (tertiary/aromatic N) is 2. The summed E-state index contributed by atoms with van der Waals surface area (Å²) in [5, 5.41) is 2.69. The van der Waals surface area contributed by atoms with Gasteiger partial charge < -0.3 is 24.6 Å². The zero-order valence-corrected chi connectivity index (χ0v) is 27.1. The fourth-order valence-corrected chi connectivity index (χ4v) is 5.87. The van der Waals surface area contributed by atoms with Gasteiger partial charge in [-0.3, -0.25) is 4.79 Å². The van der Waals surface area contributed by atoms with Gasteiger partial charge in [-0.1, -0.05) is 63.5 Å². The summed E-state index contributed by atoms with van der Waals surface area (Å²) in [4.78, 5) is 36.0. The maximum Gasteiger partial charge on any atom is 0.407 e. The highest BCUT2D eigenvalue weighted by atomic mass is 31.0. The molecule has 0 bridgehead atoms. The average molecular weight is 592 g/mol. The van der Waals surface area contributed by atoms with Crippen LogP contribution in [0.2, 0.25) is 0 Å². The number of carbonyl (C=O) groups is 2. The van der Waals surface area contributed by atoms with Crippen molar-refractivity contribution in [1.82, 2.24) is 20.2 Å². The molecule has 1 aliphatic heterocycles. The minimum atomic E-state index is -0.648. The third-order valence-electron chi connectivity index (χ3n) is 9.64. The number of ether oxygens (including phenoxy) is 1. The van der Waals surface area contributed by atoms with E-state index in [1.165, 1.54) is 18.3 Å². The van der Waals surface area contributed by atoms with Gasteiger partial charge in [0.05, 0.1) is 30.6 Å². The summed E-state index contributed by atoms with van der Waals surface area (Å²) in [6, 6.07) is -0.791. The summed E-state index contributed by atoms with van der Waals surface area (Å²) >= 11 is 0. The standard InChI is InChI=1S/C32H45BN4O4P/c1-19(2)26(36-29(39)40-7)28(38)37-18-32(12-13-32)16-25(37)27-34-17-24(35-27)22-9-8-21-15-23(11-10-20(21)14-22)33-41-30(3,4)31(5,6)42/h8-11,15,17,19-20,25-26H,12-14,16,18,42H2,1-7H3,(H,34,35)(H,36,39). The molecule has 2 amide bonds. The van der Waals surface area contributed by atoms with Crippen LogP contribution in [-0.2, 0) is 14.2 Å². The van der Waals surface area contributed by atoms with Crippen molar-refractivity contribution in [1.29, 1.82) is 0 Å². The number of aromatic nitrogens is 2. The number of hydrogen-bond acceptors (Lipinski definition) is 5. The monoisotopic (exact) mass is 591 g/mol. The van der Waals surface area contributed by atoms with E-state index in [2.05, 4.69) is 77.6 Å². The van der Waals surface area contributed by atoms with E-state index in [-0.39, 0.29) is 40.0 Å². The normalized spacial score (nSPS) is 23.6. The number of carbonyl (C=O) groups excluding carboxylic acids is 2. The average Bonchev–Trinajstić information content (AvgIpc) is 3.34. The molecule has 2 N–H and O–H groups in total. The van der Waals surface area contributed by atoms with Gasteiger partial charge in [-0.15, -0.1) is 9.24 Å². The Balaban J connectivity index is 1.31. The molecular formula is C32H45BN4O4P. The maximum atomic E-state index is 13.7. The molecule has 8 nitrogen and oxygen atoms in total. The first-order valence-electron chi connectivity index (χ1n) is 15.0. The molecule has 1 saturated carbocycles. The highest BCUT2D eigenvalue weighted by Crippen LogP contribution is 2.58. The third kappa shape index (κ3) is 6.33. The highest BCUT2D eigenvalue weighted by Gasteiger charge is 2.55. The van der Waals surface area contributed by atoms with Crippen LogP contribution in [0, 0.1) is 17.3 Å². The van der Waals surface area contributed by atoms with Crippen LogP contribution < -0.4 is 5.32 Å². The molecule has 42 heavy (non-hydrogen) atoms. The van der Waals surface area contributed by atoms with Crippen molar-refractivity contribution in [3.63, 3.8) is 0 Å². The summed E-state index contributed by atoms with van der Waals surface area (Å²) in [7, 11) is 6.06. The van der Waals surface area contributed by atoms with Crippen LogP contribution in [0.5, 0.6) is 0 Å². The predicted octanol–water partition coefficient (Wildman–Crippen LogP) is 5.70. The van der Waals surface area contributed by atoms with Crippen molar-refractivity contribution in [2.24, 2.45) is 17.3 Å². The lowest BCUT2D eigenvalue weighted by Crippen LogP contribution is -2.51. The zero-order chi connectivity index (χ0) is 30.4. The molecule has 2 fully saturated rings. The number of hydrogen-bond donors (Lipinski definition) is 2. The van der Waals surface area contributed by atoms with E-state index in [9.17, 15) is 9.59 Å². The van der Waals surface area contributed by atoms with E-state index in [0.717, 1.165) is 42.7 Å². The molecule has 10 heteroatoms. The quantitative estimate of drug-likeness (QED) is 0.284. The van der Waals surface area contributed by atoms with Crippen LogP contribution in [0.4, 0.5) is 4.79 Å². The van der Waals surface area contributed by atoms with E-state index in [0.29, 0.717) is 6.54 Å². The van der Waals surface area contributed by atoms with Crippen LogP contribution in [-0.4, -0.2) is 64.8 Å². The third-order valence-corrected chi connectivity index (χ3v) is 10.3. The Bertz CT molecular complexity index is 1350. The number of rotatable bonds is 9. The molecule has 1 spiro atoms. The van der Waals surface area contributed by atoms with Gasteiger partial charge >= 0.3 is 13.6 Å². The Morgan fingerprint density at radius 2 is 1.98 bits per heavy atom. The summed E-state index contributed by atoms with van der Waals surface area (Å²) in [5.41, 5.74) is 4.35. The number of imidazole rings is 1. The SMILES string of the molecule is COC(=O)NC(C(=O)N1CC2(CC2)CC1c1ncc(C2=CC=C3C=C([B]OC(C)(C)C(C)(C)P)C=CC3C2)[nH]1)C(C)C. The molecule has 5 rings (SSSR count). The predicted molar refractivity (Wildman–Crippen MR) is 170 cm³/mol. The number of allylic oxidation sites excluding steroid dienone is 8. The van der Waals surface area contributed by atoms with Gasteiger partial charge in [-0.05, 0) is 62.0 Å². The smallest absolute Gasteiger partial charge is 0.407 e. The number of nitrogens with one attached hydrogen (secondary N) is 2. The Morgan fingerprint density at radius 1 is 1.24 bits per heavy atom. The van der Waals surface area contributed by atoms with Crippen molar-refractivity contribution in [2.45, 2.75) is 90.1 Å². The van der Waals surface area contributed by atoms with Crippen molar-refractivity contribution in [2.75, 3.05) is 13.7 Å². The van der Waals surface area contributed by atoms with Gasteiger partial charge in [-0.25, -0.2) is 9.78 Å². The molecular weight excluding hydrogens is 546 g/mol. The van der Waals surface area contributed by atoms with Crippen molar-refractivity contribution < 1.29 is 19.0 Å². The fourth-order valence-electron chi connectivity index (χ4n) is 5.80. The van der Waals surface area contributed by atoms with Crippen LogP contribution in [0.3, 0.4) is 0 Å². The minimum Gasteiger partial charge on any atom is -0.453 e. The van der Waals surface area contributed by atoms with Gasteiger partial charge in [0.2, 0.25) is 5.91 Å². The number of likely N-dealkylation sites (tertiary alicyclic amines) is 1. The molecule has 4 atom stereocenters. The van der Waals surface area contributed by atoms with Gasteiger partial charge in [0.25, 0.3) is 0 Å². The Morgan fingerprint density at radius 3 is 2.62 bits per heavy atom. The van der Waals surface area contributed by atoms with Crippen LogP contribution >= 0.6 is 9.24 Å². The molecule has 225 valence electrons. The molecule has 4 aliphatic rings. The fraction of sp³-hybridized carbons (Fsp3) is 0.594. The molecule has 2 heterocycles. The van der Waals surface area contributed by atoms with E-state index < -0.39 is 12.1 Å². The lowest BCUT2D eigenvalue weighted by atomic mass is 9.75. The lowest BCUT2D eigenvalue weighted by Gasteiger charge is -2.39. The van der Waals surface area contributed by atoms with Crippen LogP contribution in [0.1, 0.15) is 84.8 Å². The first kappa shape index (κ1) is 30.8. The molecule has 1 saturated heterocycles. The molecule has 1 radical (unpaired) electrons. The Kier molecular flexibility index (Phi) is 8.41. The van der Waals surface area contributed by atoms with E-state index in [1.54, 1.807) is 0 Å². The van der Waals surface area contributed by atoms with Gasteiger partial charge in [0, 0.05) is 17.6 Å². The molecule has 0 aromatic carbocycles. The number of H-pyrrole nitrogens is 1. The molecule has 1 aromatic heterocycles. The second-order valence-electron chi connectivity index (χ2n) is 13.9. The van der Waals surface area contributed by atoms with Crippen molar-refractivity contribution in [3.05, 3.63) is 59.1 Å². The maximum absolute atomic E-state index is 13.7. The van der Waals surface area contributed by atoms with Crippen molar-refractivity contribution in [3.8, 4) is 0 Å². The Labute approximate surface area is 253 Å². The second kappa shape index (κ2) is 11.5. The van der Waals surface area contributed by atoms with E-state index in [1.807, 2.05) is 32.4 Å². The topological polar surface area (TPSA) is 96.6 Å². The number of alkyl carbamates (subject to hydrolysis) is 1. The summed E-state index contributed by atoms with van der Waals surface area (Å²) in [6.45, 7) is 13.1. The van der Waals surface area contributed by atoms with Gasteiger partial charge in [0.1, 0.15) is 11.9 Å². The van der Waals surface area contributed by atoms with Crippen LogP contribution in [0.25, 0.3) is 5.57 Å². The summed E-state index contributed by atoms with van der Waals surface area (Å²) in [5.74, 6) is 0.952. The second-order valence-corrected chi connectivity index (χ2v) is 15.3. The largest absolute Gasteiger partial charge is 0.453 e. The number of methoxy groups -OCH3 is 1. The van der Waals surface area contributed by atoms with Crippen molar-refractivity contribution >= 4 is 34.3 Å². The summed E-state index contributed by atoms with van der Waals surface area (Å²) in [6.07, 6.45) is 16.2. The van der Waals surface area contributed by atoms with E-state index in [4.69, 9.17) is 14.4 Å². The Hall–Kier alpha value is -2.64. The number of fused-ring (bicyclic) bond motifs is 1. The van der Waals surface area contributed by atoms with Gasteiger partial charge in [-0.2, -0.15) is 0 Å². The highest BCUT2D eigenvalue weighted by molar-refractivity contribution is 7.19. The van der Waals surface area contributed by atoms with Gasteiger partial charge in [0.15, 0.2) is 0 Å². The number of amides is 2. The minimum absolute atomic E-state index is 0.0617. The molecule has 3 aliphatic carbocycles. The van der Waals surface area contributed by atoms with E-state index >= 15 is 0 Å².